The maximum atomic E-state index is 8.83. The Morgan fingerprint density at radius 2 is 2.00 bits per heavy atom. The monoisotopic (exact) mass is 164 g/mol. The lowest BCUT2D eigenvalue weighted by molar-refractivity contribution is 0.124. The van der Waals surface area contributed by atoms with Crippen LogP contribution in [0.1, 0.15) is 29.6 Å². The Morgan fingerprint density at radius 3 is 2.67 bits per heavy atom. The quantitative estimate of drug-likeness (QED) is 0.545. The van der Waals surface area contributed by atoms with Gasteiger partial charge < -0.3 is 10.9 Å². The summed E-state index contributed by atoms with van der Waals surface area (Å²) in [5.41, 5.74) is 10.4. The van der Waals surface area contributed by atoms with E-state index in [1.54, 1.807) is 0 Å². The van der Waals surface area contributed by atoms with Gasteiger partial charge in [0.2, 0.25) is 0 Å². The molecule has 4 N–H and O–H groups in total. The average Bonchev–Trinajstić information content (AvgIpc) is 2.44. The number of nitrogens with one attached hydrogen (secondary N) is 1. The van der Waals surface area contributed by atoms with E-state index in [0.717, 1.165) is 17.5 Å². The highest BCUT2D eigenvalue weighted by atomic mass is 16.5. The van der Waals surface area contributed by atoms with E-state index < -0.39 is 0 Å². The van der Waals surface area contributed by atoms with Crippen LogP contribution in [-0.2, 0) is 0 Å². The lowest BCUT2D eigenvalue weighted by atomic mass is 10.1. The fourth-order valence-electron chi connectivity index (χ4n) is 1.80. The van der Waals surface area contributed by atoms with Gasteiger partial charge in [-0.2, -0.15) is 5.48 Å². The molecule has 0 saturated heterocycles. The third kappa shape index (κ3) is 1.03. The van der Waals surface area contributed by atoms with Crippen LogP contribution in [0, 0.1) is 0 Å². The molecule has 2 atom stereocenters. The molecule has 1 aliphatic rings. The highest BCUT2D eigenvalue weighted by Crippen LogP contribution is 2.36. The van der Waals surface area contributed by atoms with Gasteiger partial charge in [-0.3, -0.25) is 0 Å². The minimum absolute atomic E-state index is 0.0104. The lowest BCUT2D eigenvalue weighted by Crippen LogP contribution is -2.15. The second-order valence-corrected chi connectivity index (χ2v) is 3.15. The smallest absolute Gasteiger partial charge is 0.0590 e. The maximum Gasteiger partial charge on any atom is 0.0590 e. The molecule has 2 unspecified atom stereocenters. The Hall–Kier alpha value is -0.900. The molecule has 1 aliphatic carbocycles. The van der Waals surface area contributed by atoms with Crippen molar-refractivity contribution in [1.29, 1.82) is 0 Å². The third-order valence-corrected chi connectivity index (χ3v) is 2.42. The van der Waals surface area contributed by atoms with E-state index in [-0.39, 0.29) is 12.1 Å². The Kier molecular flexibility index (Phi) is 1.84. The molecule has 64 valence electrons. The van der Waals surface area contributed by atoms with Crippen molar-refractivity contribution < 1.29 is 5.21 Å². The largest absolute Gasteiger partial charge is 0.324 e. The summed E-state index contributed by atoms with van der Waals surface area (Å²) in [5, 5.41) is 8.83. The standard InChI is InChI=1S/C9H12N2O/c10-8-5-9(11-12)7-4-2-1-3-6(7)8/h1-4,8-9,11-12H,5,10H2. The molecule has 2 rings (SSSR count). The van der Waals surface area contributed by atoms with E-state index in [0.29, 0.717) is 0 Å². The van der Waals surface area contributed by atoms with Crippen molar-refractivity contribution in [2.24, 2.45) is 5.73 Å². The second-order valence-electron chi connectivity index (χ2n) is 3.15. The van der Waals surface area contributed by atoms with Gasteiger partial charge in [0.1, 0.15) is 0 Å². The normalized spacial score (nSPS) is 27.2. The summed E-state index contributed by atoms with van der Waals surface area (Å²) in [4.78, 5) is 0. The van der Waals surface area contributed by atoms with Crippen molar-refractivity contribution in [3.8, 4) is 0 Å². The summed E-state index contributed by atoms with van der Waals surface area (Å²) < 4.78 is 0. The summed E-state index contributed by atoms with van der Waals surface area (Å²) in [6.07, 6.45) is 0.774. The van der Waals surface area contributed by atoms with E-state index in [9.17, 15) is 0 Å². The van der Waals surface area contributed by atoms with Crippen LogP contribution in [0.3, 0.4) is 0 Å². The summed E-state index contributed by atoms with van der Waals surface area (Å²) in [6.45, 7) is 0. The molecular weight excluding hydrogens is 152 g/mol. The SMILES string of the molecule is NC1CC(NO)c2ccccc21. The maximum absolute atomic E-state index is 8.83. The highest BCUT2D eigenvalue weighted by molar-refractivity contribution is 5.36. The number of hydrogen-bond acceptors (Lipinski definition) is 3. The van der Waals surface area contributed by atoms with Crippen LogP contribution in [0.25, 0.3) is 0 Å². The molecule has 0 aliphatic heterocycles. The van der Waals surface area contributed by atoms with Crippen LogP contribution in [-0.4, -0.2) is 5.21 Å². The van der Waals surface area contributed by atoms with Gasteiger partial charge in [-0.1, -0.05) is 24.3 Å². The van der Waals surface area contributed by atoms with Crippen molar-refractivity contribution in [1.82, 2.24) is 5.48 Å². The molecule has 0 heterocycles. The first kappa shape index (κ1) is 7.73. The Bertz CT molecular complexity index is 288. The van der Waals surface area contributed by atoms with E-state index in [2.05, 4.69) is 5.48 Å². The average molecular weight is 164 g/mol. The van der Waals surface area contributed by atoms with Crippen LogP contribution in [0.2, 0.25) is 0 Å². The lowest BCUT2D eigenvalue weighted by Gasteiger charge is -2.06. The summed E-state index contributed by atoms with van der Waals surface area (Å²) in [6, 6.07) is 8.01. The van der Waals surface area contributed by atoms with E-state index in [1.165, 1.54) is 0 Å². The zero-order valence-electron chi connectivity index (χ0n) is 6.70. The molecule has 0 amide bonds. The molecule has 0 bridgehead atoms. The molecule has 3 heteroatoms. The van der Waals surface area contributed by atoms with Crippen LogP contribution >= 0.6 is 0 Å². The fourth-order valence-corrected chi connectivity index (χ4v) is 1.80. The minimum Gasteiger partial charge on any atom is -0.324 e. The fraction of sp³-hybridized carbons (Fsp3) is 0.333. The Morgan fingerprint density at radius 1 is 1.33 bits per heavy atom. The zero-order chi connectivity index (χ0) is 8.55. The van der Waals surface area contributed by atoms with Gasteiger partial charge in [-0.25, -0.2) is 0 Å². The van der Waals surface area contributed by atoms with Crippen molar-refractivity contribution in [2.45, 2.75) is 18.5 Å². The van der Waals surface area contributed by atoms with Gasteiger partial charge in [0, 0.05) is 6.04 Å². The van der Waals surface area contributed by atoms with Gasteiger partial charge in [-0.15, -0.1) is 0 Å². The van der Waals surface area contributed by atoms with Gasteiger partial charge in [0.15, 0.2) is 0 Å². The van der Waals surface area contributed by atoms with Crippen LogP contribution < -0.4 is 11.2 Å². The molecule has 0 spiro atoms. The van der Waals surface area contributed by atoms with E-state index >= 15 is 0 Å². The zero-order valence-corrected chi connectivity index (χ0v) is 6.70. The number of fused-ring (bicyclic) bond motifs is 1. The van der Waals surface area contributed by atoms with Crippen molar-refractivity contribution >= 4 is 0 Å². The predicted octanol–water partition coefficient (Wildman–Crippen LogP) is 1.11. The Balaban J connectivity index is 2.43. The van der Waals surface area contributed by atoms with Crippen molar-refractivity contribution in [3.05, 3.63) is 35.4 Å². The van der Waals surface area contributed by atoms with Crippen LogP contribution in [0.5, 0.6) is 0 Å². The number of hydroxylamine groups is 1. The van der Waals surface area contributed by atoms with Crippen LogP contribution in [0.4, 0.5) is 0 Å². The minimum atomic E-state index is 0.0104. The molecule has 3 nitrogen and oxygen atoms in total. The summed E-state index contributed by atoms with van der Waals surface area (Å²) in [7, 11) is 0. The number of rotatable bonds is 1. The number of nitrogens with two attached hydrogens (primary N) is 1. The summed E-state index contributed by atoms with van der Waals surface area (Å²) >= 11 is 0. The second kappa shape index (κ2) is 2.86. The molecule has 0 radical (unpaired) electrons. The van der Waals surface area contributed by atoms with Gasteiger partial charge in [0.05, 0.1) is 6.04 Å². The van der Waals surface area contributed by atoms with Gasteiger partial charge >= 0.3 is 0 Å². The predicted molar refractivity (Wildman–Crippen MR) is 45.7 cm³/mol. The first-order chi connectivity index (χ1) is 5.83. The Labute approximate surface area is 71.2 Å². The van der Waals surface area contributed by atoms with Crippen molar-refractivity contribution in [2.75, 3.05) is 0 Å². The van der Waals surface area contributed by atoms with Gasteiger partial charge in [0.25, 0.3) is 0 Å². The molecule has 1 aromatic rings. The van der Waals surface area contributed by atoms with E-state index in [1.807, 2.05) is 24.3 Å². The van der Waals surface area contributed by atoms with Crippen molar-refractivity contribution in [3.63, 3.8) is 0 Å². The molecular formula is C9H12N2O. The molecule has 1 aromatic carbocycles. The number of benzene rings is 1. The molecule has 0 saturated carbocycles. The molecule has 12 heavy (non-hydrogen) atoms. The first-order valence-electron chi connectivity index (χ1n) is 4.07. The summed E-state index contributed by atoms with van der Waals surface area (Å²) in [5.74, 6) is 0. The number of hydrogen-bond donors (Lipinski definition) is 3. The molecule has 0 fully saturated rings. The van der Waals surface area contributed by atoms with E-state index in [4.69, 9.17) is 10.9 Å². The van der Waals surface area contributed by atoms with Gasteiger partial charge in [-0.05, 0) is 17.5 Å². The first-order valence-corrected chi connectivity index (χ1v) is 4.07. The molecule has 0 aromatic heterocycles. The topological polar surface area (TPSA) is 58.3 Å². The highest BCUT2D eigenvalue weighted by Gasteiger charge is 2.27. The third-order valence-electron chi connectivity index (χ3n) is 2.42. The van der Waals surface area contributed by atoms with Crippen LogP contribution in [0.15, 0.2) is 24.3 Å².